The molecule has 1 amide bonds. The van der Waals surface area contributed by atoms with Gasteiger partial charge < -0.3 is 14.4 Å². The molecule has 0 saturated carbocycles. The van der Waals surface area contributed by atoms with Crippen LogP contribution in [-0.2, 0) is 21.4 Å². The van der Waals surface area contributed by atoms with E-state index in [-0.39, 0.29) is 18.9 Å². The number of rotatable bonds is 21. The third-order valence-corrected chi connectivity index (χ3v) is 7.87. The first-order chi connectivity index (χ1) is 18.9. The Bertz CT molecular complexity index is 1030. The van der Waals surface area contributed by atoms with E-state index in [1.54, 1.807) is 18.2 Å². The molecular weight excluding hydrogens is 512 g/mol. The zero-order chi connectivity index (χ0) is 28.2. The van der Waals surface area contributed by atoms with Crippen molar-refractivity contribution in [3.63, 3.8) is 0 Å². The predicted molar refractivity (Wildman–Crippen MR) is 160 cm³/mol. The molecule has 2 aromatic rings. The van der Waals surface area contributed by atoms with Crippen LogP contribution in [0.3, 0.4) is 0 Å². The molecule has 0 aromatic heterocycles. The van der Waals surface area contributed by atoms with Gasteiger partial charge in [0.05, 0.1) is 18.0 Å². The fourth-order valence-electron chi connectivity index (χ4n) is 4.20. The van der Waals surface area contributed by atoms with Gasteiger partial charge in [0.15, 0.2) is 0 Å². The van der Waals surface area contributed by atoms with Crippen molar-refractivity contribution in [3.05, 3.63) is 60.2 Å². The van der Waals surface area contributed by atoms with E-state index >= 15 is 0 Å². The van der Waals surface area contributed by atoms with Crippen LogP contribution in [0.1, 0.15) is 89.5 Å². The molecule has 8 heteroatoms. The number of hydrogen-bond acceptors (Lipinski definition) is 5. The zero-order valence-corrected chi connectivity index (χ0v) is 24.7. The van der Waals surface area contributed by atoms with Crippen LogP contribution in [0.15, 0.2) is 54.6 Å². The number of para-hydroxylation sites is 2. The molecule has 1 N–H and O–H groups in total. The molecule has 0 unspecified atom stereocenters. The van der Waals surface area contributed by atoms with Crippen molar-refractivity contribution in [3.8, 4) is 5.75 Å². The largest absolute Gasteiger partial charge is 0.491 e. The first-order valence-electron chi connectivity index (χ1n) is 14.6. The first-order valence-corrected chi connectivity index (χ1v) is 16.2. The Balaban J connectivity index is 1.63. The lowest BCUT2D eigenvalue weighted by Gasteiger charge is -2.18. The molecule has 0 fully saturated rings. The highest BCUT2D eigenvalue weighted by Crippen LogP contribution is 2.25. The molecule has 2 aromatic carbocycles. The SMILES string of the molecule is CCCCCCCCCCCCCCOc1ccccc1NS(=O)(=O)CCN(C)C(=O)OCc1ccccc1. The van der Waals surface area contributed by atoms with E-state index in [0.717, 1.165) is 18.4 Å². The summed E-state index contributed by atoms with van der Waals surface area (Å²) in [4.78, 5) is 13.5. The van der Waals surface area contributed by atoms with Crippen molar-refractivity contribution in [1.29, 1.82) is 0 Å². The second-order valence-electron chi connectivity index (χ2n) is 10.1. The van der Waals surface area contributed by atoms with E-state index in [0.29, 0.717) is 18.0 Å². The lowest BCUT2D eigenvalue weighted by atomic mass is 10.1. The lowest BCUT2D eigenvalue weighted by Crippen LogP contribution is -2.33. The van der Waals surface area contributed by atoms with Crippen LogP contribution in [-0.4, -0.2) is 45.4 Å². The van der Waals surface area contributed by atoms with Crippen molar-refractivity contribution >= 4 is 21.8 Å². The number of anilines is 1. The Morgan fingerprint density at radius 2 is 1.36 bits per heavy atom. The van der Waals surface area contributed by atoms with Gasteiger partial charge in [-0.05, 0) is 24.1 Å². The van der Waals surface area contributed by atoms with E-state index in [9.17, 15) is 13.2 Å². The van der Waals surface area contributed by atoms with Gasteiger partial charge in [0.25, 0.3) is 0 Å². The first kappa shape index (κ1) is 32.5. The number of ether oxygens (including phenoxy) is 2. The predicted octanol–water partition coefficient (Wildman–Crippen LogP) is 7.78. The monoisotopic (exact) mass is 560 g/mol. The third kappa shape index (κ3) is 14.8. The molecule has 39 heavy (non-hydrogen) atoms. The average Bonchev–Trinajstić information content (AvgIpc) is 2.94. The van der Waals surface area contributed by atoms with Crippen LogP contribution < -0.4 is 9.46 Å². The summed E-state index contributed by atoms with van der Waals surface area (Å²) in [6, 6.07) is 16.4. The minimum absolute atomic E-state index is 0.00480. The van der Waals surface area contributed by atoms with Crippen molar-refractivity contribution in [2.75, 3.05) is 30.7 Å². The number of carbonyl (C=O) groups is 1. The van der Waals surface area contributed by atoms with Crippen molar-refractivity contribution < 1.29 is 22.7 Å². The highest BCUT2D eigenvalue weighted by Gasteiger charge is 2.18. The lowest BCUT2D eigenvalue weighted by molar-refractivity contribution is 0.106. The fraction of sp³-hybridized carbons (Fsp3) is 0.581. The smallest absolute Gasteiger partial charge is 0.409 e. The van der Waals surface area contributed by atoms with Crippen LogP contribution in [0, 0.1) is 0 Å². The summed E-state index contributed by atoms with van der Waals surface area (Å²) in [7, 11) is -2.17. The van der Waals surface area contributed by atoms with Crippen molar-refractivity contribution in [2.45, 2.75) is 90.6 Å². The molecule has 0 bridgehead atoms. The molecule has 0 aliphatic carbocycles. The number of hydrogen-bond donors (Lipinski definition) is 1. The van der Waals surface area contributed by atoms with Gasteiger partial charge in [0, 0.05) is 13.6 Å². The molecule has 0 radical (unpaired) electrons. The number of nitrogens with zero attached hydrogens (tertiary/aromatic N) is 1. The number of benzene rings is 2. The maximum Gasteiger partial charge on any atom is 0.409 e. The number of unbranched alkanes of at least 4 members (excludes halogenated alkanes) is 11. The minimum atomic E-state index is -3.69. The minimum Gasteiger partial charge on any atom is -0.491 e. The summed E-state index contributed by atoms with van der Waals surface area (Å²) in [6.07, 6.45) is 14.7. The Labute approximate surface area is 236 Å². The fourth-order valence-corrected chi connectivity index (χ4v) is 5.32. The molecular formula is C31H48N2O5S. The summed E-state index contributed by atoms with van der Waals surface area (Å²) < 4.78 is 39.2. The Morgan fingerprint density at radius 3 is 2.00 bits per heavy atom. The molecule has 0 spiro atoms. The summed E-state index contributed by atoms with van der Waals surface area (Å²) >= 11 is 0. The van der Waals surface area contributed by atoms with Gasteiger partial charge in [-0.25, -0.2) is 13.2 Å². The molecule has 0 atom stereocenters. The van der Waals surface area contributed by atoms with E-state index in [4.69, 9.17) is 9.47 Å². The summed E-state index contributed by atoms with van der Waals surface area (Å²) in [5.41, 5.74) is 1.28. The van der Waals surface area contributed by atoms with Gasteiger partial charge in [-0.3, -0.25) is 4.72 Å². The van der Waals surface area contributed by atoms with Crippen molar-refractivity contribution in [1.82, 2.24) is 4.90 Å². The maximum atomic E-state index is 12.7. The molecule has 7 nitrogen and oxygen atoms in total. The van der Waals surface area contributed by atoms with Crippen LogP contribution in [0.4, 0.5) is 10.5 Å². The molecule has 2 rings (SSSR count). The number of nitrogens with one attached hydrogen (secondary N) is 1. The zero-order valence-electron chi connectivity index (χ0n) is 23.9. The van der Waals surface area contributed by atoms with Gasteiger partial charge in [0.1, 0.15) is 12.4 Å². The number of amides is 1. The van der Waals surface area contributed by atoms with E-state index in [1.807, 2.05) is 36.4 Å². The Kier molecular flexibility index (Phi) is 16.1. The van der Waals surface area contributed by atoms with E-state index in [1.165, 1.54) is 76.2 Å². The van der Waals surface area contributed by atoms with E-state index in [2.05, 4.69) is 11.6 Å². The number of sulfonamides is 1. The van der Waals surface area contributed by atoms with Gasteiger partial charge in [0.2, 0.25) is 10.0 Å². The third-order valence-electron chi connectivity index (χ3n) is 6.62. The van der Waals surface area contributed by atoms with Gasteiger partial charge in [-0.2, -0.15) is 0 Å². The molecule has 218 valence electrons. The van der Waals surface area contributed by atoms with Crippen LogP contribution in [0.5, 0.6) is 5.75 Å². The summed E-state index contributed by atoms with van der Waals surface area (Å²) in [5.74, 6) is 0.261. The molecule has 0 heterocycles. The quantitative estimate of drug-likeness (QED) is 0.158. The van der Waals surface area contributed by atoms with Crippen LogP contribution >= 0.6 is 0 Å². The normalized spacial score (nSPS) is 11.2. The standard InChI is InChI=1S/C31H48N2O5S/c1-3-4-5-6-7-8-9-10-11-12-13-19-25-37-30-23-18-17-22-29(30)32-39(35,36)26-24-33(2)31(34)38-27-28-20-15-14-16-21-28/h14-18,20-23,32H,3-13,19,24-27H2,1-2H3. The maximum absolute atomic E-state index is 12.7. The topological polar surface area (TPSA) is 84.9 Å². The van der Waals surface area contributed by atoms with Gasteiger partial charge in [-0.15, -0.1) is 0 Å². The molecule has 0 saturated heterocycles. The molecule has 0 aliphatic rings. The molecule has 0 aliphatic heterocycles. The highest BCUT2D eigenvalue weighted by atomic mass is 32.2. The number of carbonyl (C=O) groups excluding carboxylic acids is 1. The van der Waals surface area contributed by atoms with Crippen LogP contribution in [0.2, 0.25) is 0 Å². The second-order valence-corrected chi connectivity index (χ2v) is 12.0. The second kappa shape index (κ2) is 19.3. The van der Waals surface area contributed by atoms with Gasteiger partial charge in [-0.1, -0.05) is 120 Å². The summed E-state index contributed by atoms with van der Waals surface area (Å²) in [6.45, 7) is 2.94. The van der Waals surface area contributed by atoms with Gasteiger partial charge >= 0.3 is 6.09 Å². The van der Waals surface area contributed by atoms with E-state index < -0.39 is 16.1 Å². The van der Waals surface area contributed by atoms with Crippen molar-refractivity contribution in [2.24, 2.45) is 0 Å². The highest BCUT2D eigenvalue weighted by molar-refractivity contribution is 7.92. The average molecular weight is 561 g/mol. The Hall–Kier alpha value is -2.74. The Morgan fingerprint density at radius 1 is 0.795 bits per heavy atom. The summed E-state index contributed by atoms with van der Waals surface area (Å²) in [5, 5.41) is 0. The van der Waals surface area contributed by atoms with Crippen LogP contribution in [0.25, 0.3) is 0 Å².